The Kier molecular flexibility index (Phi) is 10.00. The predicted molar refractivity (Wildman–Crippen MR) is 85.0 cm³/mol. The van der Waals surface area contributed by atoms with Gasteiger partial charge in [0.1, 0.15) is 5.78 Å². The SMILES string of the molecule is CCCCCCCCCCCC(OC)C1CCCC1=O. The number of ether oxygens (including phenoxy) is 1. The molecule has 2 nitrogen and oxygen atoms in total. The third kappa shape index (κ3) is 6.88. The van der Waals surface area contributed by atoms with Gasteiger partial charge in [0.2, 0.25) is 0 Å². The standard InChI is InChI=1S/C18H34O2/c1-3-4-5-6-7-8-9-10-11-15-18(20-2)16-13-12-14-17(16)19/h16,18H,3-15H2,1-2H3. The molecule has 2 heteroatoms. The van der Waals surface area contributed by atoms with Crippen molar-refractivity contribution >= 4 is 5.78 Å². The summed E-state index contributed by atoms with van der Waals surface area (Å²) in [6.45, 7) is 2.27. The molecule has 1 saturated carbocycles. The molecule has 2 unspecified atom stereocenters. The van der Waals surface area contributed by atoms with E-state index >= 15 is 0 Å². The molecular weight excluding hydrogens is 248 g/mol. The Morgan fingerprint density at radius 1 is 1.05 bits per heavy atom. The molecule has 0 heterocycles. The van der Waals surface area contributed by atoms with Crippen molar-refractivity contribution in [2.75, 3.05) is 7.11 Å². The molecule has 0 saturated heterocycles. The molecule has 118 valence electrons. The highest BCUT2D eigenvalue weighted by atomic mass is 16.5. The lowest BCUT2D eigenvalue weighted by atomic mass is 9.94. The highest BCUT2D eigenvalue weighted by molar-refractivity contribution is 5.83. The number of hydrogen-bond donors (Lipinski definition) is 0. The minimum atomic E-state index is 0.189. The van der Waals surface area contributed by atoms with Crippen molar-refractivity contribution in [2.24, 2.45) is 5.92 Å². The second-order valence-corrected chi connectivity index (χ2v) is 6.36. The first kappa shape index (κ1) is 17.7. The van der Waals surface area contributed by atoms with Gasteiger partial charge < -0.3 is 4.74 Å². The van der Waals surface area contributed by atoms with Crippen LogP contribution in [0.1, 0.15) is 90.4 Å². The fourth-order valence-corrected chi connectivity index (χ4v) is 3.38. The van der Waals surface area contributed by atoms with Gasteiger partial charge in [-0.2, -0.15) is 0 Å². The Balaban J connectivity index is 1.97. The van der Waals surface area contributed by atoms with E-state index in [1.807, 2.05) is 0 Å². The van der Waals surface area contributed by atoms with Gasteiger partial charge in [-0.05, 0) is 19.3 Å². The first-order valence-corrected chi connectivity index (χ1v) is 8.85. The summed E-state index contributed by atoms with van der Waals surface area (Å²) in [6, 6.07) is 0. The van der Waals surface area contributed by atoms with E-state index in [-0.39, 0.29) is 12.0 Å². The van der Waals surface area contributed by atoms with Crippen LogP contribution in [-0.2, 0) is 9.53 Å². The Hall–Kier alpha value is -0.370. The Bertz CT molecular complexity index is 250. The predicted octanol–water partition coefficient (Wildman–Crippen LogP) is 5.29. The van der Waals surface area contributed by atoms with Crippen LogP contribution >= 0.6 is 0 Å². The lowest BCUT2D eigenvalue weighted by Gasteiger charge is -2.20. The fraction of sp³-hybridized carbons (Fsp3) is 0.944. The topological polar surface area (TPSA) is 26.3 Å². The smallest absolute Gasteiger partial charge is 0.138 e. The van der Waals surface area contributed by atoms with E-state index < -0.39 is 0 Å². The average Bonchev–Trinajstić information content (AvgIpc) is 2.87. The summed E-state index contributed by atoms with van der Waals surface area (Å²) >= 11 is 0. The van der Waals surface area contributed by atoms with Gasteiger partial charge in [-0.3, -0.25) is 4.79 Å². The number of carbonyl (C=O) groups excluding carboxylic acids is 1. The largest absolute Gasteiger partial charge is 0.381 e. The number of Topliss-reactive ketones (excluding diaryl/α,β-unsaturated/α-hetero) is 1. The quantitative estimate of drug-likeness (QED) is 0.454. The van der Waals surface area contributed by atoms with E-state index in [0.717, 1.165) is 25.7 Å². The van der Waals surface area contributed by atoms with Gasteiger partial charge in [0, 0.05) is 19.4 Å². The third-order valence-corrected chi connectivity index (χ3v) is 4.70. The molecule has 1 aliphatic rings. The number of carbonyl (C=O) groups is 1. The summed E-state index contributed by atoms with van der Waals surface area (Å²) < 4.78 is 5.56. The summed E-state index contributed by atoms with van der Waals surface area (Å²) in [4.78, 5) is 11.8. The number of rotatable bonds is 12. The highest BCUT2D eigenvalue weighted by Crippen LogP contribution is 2.28. The molecule has 1 aliphatic carbocycles. The molecule has 0 aromatic heterocycles. The zero-order valence-corrected chi connectivity index (χ0v) is 13.7. The fourth-order valence-electron chi connectivity index (χ4n) is 3.38. The van der Waals surface area contributed by atoms with Crippen molar-refractivity contribution < 1.29 is 9.53 Å². The van der Waals surface area contributed by atoms with Crippen LogP contribution in [0.15, 0.2) is 0 Å². The lowest BCUT2D eigenvalue weighted by Crippen LogP contribution is -2.26. The van der Waals surface area contributed by atoms with Crippen LogP contribution in [0.3, 0.4) is 0 Å². The Labute approximate surface area is 125 Å². The van der Waals surface area contributed by atoms with Gasteiger partial charge in [0.05, 0.1) is 6.10 Å². The second kappa shape index (κ2) is 11.3. The van der Waals surface area contributed by atoms with Gasteiger partial charge in [0.25, 0.3) is 0 Å². The lowest BCUT2D eigenvalue weighted by molar-refractivity contribution is -0.124. The van der Waals surface area contributed by atoms with Crippen LogP contribution in [0.2, 0.25) is 0 Å². The number of ketones is 1. The van der Waals surface area contributed by atoms with E-state index in [2.05, 4.69) is 6.92 Å². The molecule has 2 atom stereocenters. The van der Waals surface area contributed by atoms with Crippen LogP contribution in [-0.4, -0.2) is 19.0 Å². The minimum absolute atomic E-state index is 0.189. The van der Waals surface area contributed by atoms with E-state index in [1.165, 1.54) is 57.8 Å². The zero-order valence-electron chi connectivity index (χ0n) is 13.7. The van der Waals surface area contributed by atoms with Crippen LogP contribution in [0.25, 0.3) is 0 Å². The molecule has 0 spiro atoms. The minimum Gasteiger partial charge on any atom is -0.381 e. The van der Waals surface area contributed by atoms with Crippen LogP contribution < -0.4 is 0 Å². The van der Waals surface area contributed by atoms with E-state index in [0.29, 0.717) is 5.78 Å². The molecule has 0 aromatic rings. The summed E-state index contributed by atoms with van der Waals surface area (Å²) in [5, 5.41) is 0. The van der Waals surface area contributed by atoms with Gasteiger partial charge in [-0.1, -0.05) is 64.7 Å². The van der Waals surface area contributed by atoms with E-state index in [4.69, 9.17) is 4.74 Å². The third-order valence-electron chi connectivity index (χ3n) is 4.70. The van der Waals surface area contributed by atoms with Crippen molar-refractivity contribution in [1.82, 2.24) is 0 Å². The highest BCUT2D eigenvalue weighted by Gasteiger charge is 2.31. The molecular formula is C18H34O2. The first-order valence-electron chi connectivity index (χ1n) is 8.85. The normalized spacial score (nSPS) is 20.5. The average molecular weight is 282 g/mol. The maximum atomic E-state index is 11.8. The second-order valence-electron chi connectivity index (χ2n) is 6.36. The van der Waals surface area contributed by atoms with Crippen LogP contribution in [0.5, 0.6) is 0 Å². The molecule has 1 rings (SSSR count). The van der Waals surface area contributed by atoms with Crippen molar-refractivity contribution in [3.63, 3.8) is 0 Å². The summed E-state index contributed by atoms with van der Waals surface area (Å²) in [6.07, 6.45) is 16.3. The molecule has 0 radical (unpaired) electrons. The molecule has 0 bridgehead atoms. The van der Waals surface area contributed by atoms with Crippen LogP contribution in [0.4, 0.5) is 0 Å². The molecule has 0 aromatic carbocycles. The summed E-state index contributed by atoms with van der Waals surface area (Å²) in [5.41, 5.74) is 0. The molecule has 1 fully saturated rings. The van der Waals surface area contributed by atoms with Crippen molar-refractivity contribution in [3.05, 3.63) is 0 Å². The first-order chi connectivity index (χ1) is 9.79. The monoisotopic (exact) mass is 282 g/mol. The van der Waals surface area contributed by atoms with Gasteiger partial charge in [-0.25, -0.2) is 0 Å². The van der Waals surface area contributed by atoms with Crippen molar-refractivity contribution in [1.29, 1.82) is 0 Å². The van der Waals surface area contributed by atoms with E-state index in [1.54, 1.807) is 7.11 Å². The van der Waals surface area contributed by atoms with Gasteiger partial charge in [-0.15, -0.1) is 0 Å². The van der Waals surface area contributed by atoms with Crippen molar-refractivity contribution in [3.8, 4) is 0 Å². The van der Waals surface area contributed by atoms with Gasteiger partial charge in [0.15, 0.2) is 0 Å². The van der Waals surface area contributed by atoms with Crippen LogP contribution in [0, 0.1) is 5.92 Å². The Morgan fingerprint density at radius 2 is 1.65 bits per heavy atom. The molecule has 0 amide bonds. The van der Waals surface area contributed by atoms with Gasteiger partial charge >= 0.3 is 0 Å². The number of unbranched alkanes of at least 4 members (excludes halogenated alkanes) is 8. The zero-order chi connectivity index (χ0) is 14.6. The number of methoxy groups -OCH3 is 1. The maximum Gasteiger partial charge on any atom is 0.138 e. The molecule has 0 N–H and O–H groups in total. The summed E-state index contributed by atoms with van der Waals surface area (Å²) in [7, 11) is 1.77. The Morgan fingerprint density at radius 3 is 2.15 bits per heavy atom. The van der Waals surface area contributed by atoms with Crippen molar-refractivity contribution in [2.45, 2.75) is 96.5 Å². The molecule has 0 aliphatic heterocycles. The maximum absolute atomic E-state index is 11.8. The number of hydrogen-bond acceptors (Lipinski definition) is 2. The van der Waals surface area contributed by atoms with E-state index in [9.17, 15) is 4.79 Å². The summed E-state index contributed by atoms with van der Waals surface area (Å²) in [5.74, 6) is 0.641. The molecule has 20 heavy (non-hydrogen) atoms.